The van der Waals surface area contributed by atoms with Gasteiger partial charge >= 0.3 is 5.69 Å². The summed E-state index contributed by atoms with van der Waals surface area (Å²) in [6.07, 6.45) is 2.38. The molecule has 6 nitrogen and oxygen atoms in total. The first kappa shape index (κ1) is 14.5. The molecule has 0 aromatic carbocycles. The van der Waals surface area contributed by atoms with Crippen molar-refractivity contribution in [3.63, 3.8) is 0 Å². The molecule has 0 spiro atoms. The summed E-state index contributed by atoms with van der Waals surface area (Å²) >= 11 is 0. The van der Waals surface area contributed by atoms with E-state index in [0.29, 0.717) is 19.6 Å². The quantitative estimate of drug-likeness (QED) is 0.700. The van der Waals surface area contributed by atoms with E-state index in [9.17, 15) is 14.7 Å². The van der Waals surface area contributed by atoms with Gasteiger partial charge in [-0.05, 0) is 12.8 Å². The predicted molar refractivity (Wildman–Crippen MR) is 68.1 cm³/mol. The summed E-state index contributed by atoms with van der Waals surface area (Å²) in [6.45, 7) is 5.02. The lowest BCUT2D eigenvalue weighted by atomic mass is 10.2. The Morgan fingerprint density at radius 1 is 1.28 bits per heavy atom. The molecule has 0 saturated heterocycles. The first-order chi connectivity index (χ1) is 8.61. The fourth-order valence-electron chi connectivity index (χ4n) is 1.63. The molecule has 0 bridgehead atoms. The molecule has 0 radical (unpaired) electrons. The van der Waals surface area contributed by atoms with E-state index >= 15 is 0 Å². The first-order valence-corrected chi connectivity index (χ1v) is 6.24. The van der Waals surface area contributed by atoms with Crippen molar-refractivity contribution in [2.75, 3.05) is 13.2 Å². The van der Waals surface area contributed by atoms with Gasteiger partial charge in [-0.3, -0.25) is 14.3 Å². The van der Waals surface area contributed by atoms with Crippen LogP contribution in [0.2, 0.25) is 0 Å². The second-order valence-corrected chi connectivity index (χ2v) is 4.03. The number of nitrogens with zero attached hydrogens (tertiary/aromatic N) is 1. The molecule has 18 heavy (non-hydrogen) atoms. The standard InChI is InChI=1S/C12H20N2O4/c1-3-5-7-18-8-6-14-11(16)9(4-2)10(15)13-12(14)17/h16H,3-8H2,1-2H3,(H,13,15,17). The van der Waals surface area contributed by atoms with Gasteiger partial charge in [0.2, 0.25) is 5.88 Å². The van der Waals surface area contributed by atoms with Gasteiger partial charge in [0.05, 0.1) is 18.7 Å². The van der Waals surface area contributed by atoms with E-state index in [1.807, 2.05) is 0 Å². The van der Waals surface area contributed by atoms with Gasteiger partial charge in [0.15, 0.2) is 0 Å². The smallest absolute Gasteiger partial charge is 0.331 e. The molecule has 1 aromatic heterocycles. The number of hydrogen-bond donors (Lipinski definition) is 2. The van der Waals surface area contributed by atoms with Gasteiger partial charge in [-0.15, -0.1) is 0 Å². The monoisotopic (exact) mass is 256 g/mol. The lowest BCUT2D eigenvalue weighted by molar-refractivity contribution is 0.120. The molecule has 102 valence electrons. The summed E-state index contributed by atoms with van der Waals surface area (Å²) in [6, 6.07) is 0. The maximum Gasteiger partial charge on any atom is 0.331 e. The van der Waals surface area contributed by atoms with Crippen LogP contribution < -0.4 is 11.2 Å². The van der Waals surface area contributed by atoms with Crippen LogP contribution in [0, 0.1) is 0 Å². The number of ether oxygens (including phenoxy) is 1. The van der Waals surface area contributed by atoms with Gasteiger partial charge < -0.3 is 9.84 Å². The molecular formula is C12H20N2O4. The molecule has 0 aliphatic rings. The Hall–Kier alpha value is -1.56. The number of rotatable bonds is 7. The molecule has 0 saturated carbocycles. The minimum atomic E-state index is -0.603. The van der Waals surface area contributed by atoms with Gasteiger partial charge in [-0.1, -0.05) is 20.3 Å². The van der Waals surface area contributed by atoms with Crippen molar-refractivity contribution in [3.8, 4) is 5.88 Å². The summed E-state index contributed by atoms with van der Waals surface area (Å²) in [5.74, 6) is -0.259. The summed E-state index contributed by atoms with van der Waals surface area (Å²) in [5, 5.41) is 9.84. The molecule has 0 atom stereocenters. The van der Waals surface area contributed by atoms with Gasteiger partial charge in [-0.2, -0.15) is 0 Å². The molecule has 6 heteroatoms. The number of H-pyrrole nitrogens is 1. The van der Waals surface area contributed by atoms with Crippen molar-refractivity contribution < 1.29 is 9.84 Å². The van der Waals surface area contributed by atoms with E-state index in [-0.39, 0.29) is 18.0 Å². The molecule has 1 aromatic rings. The van der Waals surface area contributed by atoms with Crippen LogP contribution in [-0.4, -0.2) is 27.9 Å². The Bertz CT molecular complexity index is 490. The van der Waals surface area contributed by atoms with E-state index in [1.165, 1.54) is 0 Å². The summed E-state index contributed by atoms with van der Waals surface area (Å²) in [5.41, 5.74) is -0.903. The van der Waals surface area contributed by atoms with Crippen LogP contribution in [0.3, 0.4) is 0 Å². The second-order valence-electron chi connectivity index (χ2n) is 4.03. The molecule has 1 heterocycles. The van der Waals surface area contributed by atoms with Crippen molar-refractivity contribution in [2.45, 2.75) is 39.7 Å². The zero-order valence-corrected chi connectivity index (χ0v) is 10.9. The van der Waals surface area contributed by atoms with E-state index in [4.69, 9.17) is 4.74 Å². The van der Waals surface area contributed by atoms with Crippen LogP contribution in [0.15, 0.2) is 9.59 Å². The predicted octanol–water partition coefficient (Wildman–Crippen LogP) is 0.621. The number of hydrogen-bond acceptors (Lipinski definition) is 4. The topological polar surface area (TPSA) is 84.3 Å². The number of aromatic amines is 1. The molecule has 2 N–H and O–H groups in total. The van der Waals surface area contributed by atoms with Crippen LogP contribution in [0.25, 0.3) is 0 Å². The molecule has 1 rings (SSSR count). The third-order valence-electron chi connectivity index (χ3n) is 2.72. The lowest BCUT2D eigenvalue weighted by Gasteiger charge is -2.10. The molecule has 0 fully saturated rings. The highest BCUT2D eigenvalue weighted by atomic mass is 16.5. The Balaban J connectivity index is 2.77. The van der Waals surface area contributed by atoms with E-state index in [1.54, 1.807) is 6.92 Å². The number of nitrogens with one attached hydrogen (secondary N) is 1. The Morgan fingerprint density at radius 2 is 2.00 bits per heavy atom. The summed E-state index contributed by atoms with van der Waals surface area (Å²) < 4.78 is 6.46. The molecule has 0 aliphatic heterocycles. The van der Waals surface area contributed by atoms with Crippen molar-refractivity contribution >= 4 is 0 Å². The van der Waals surface area contributed by atoms with Crippen LogP contribution in [-0.2, 0) is 17.7 Å². The lowest BCUT2D eigenvalue weighted by Crippen LogP contribution is -2.33. The average molecular weight is 256 g/mol. The van der Waals surface area contributed by atoms with E-state index < -0.39 is 11.2 Å². The molecule has 0 aliphatic carbocycles. The highest BCUT2D eigenvalue weighted by Gasteiger charge is 2.11. The second kappa shape index (κ2) is 7.00. The highest BCUT2D eigenvalue weighted by molar-refractivity contribution is 5.22. The minimum absolute atomic E-state index is 0.225. The molecule has 0 unspecified atom stereocenters. The van der Waals surface area contributed by atoms with Gasteiger partial charge in [-0.25, -0.2) is 4.79 Å². The number of aromatic nitrogens is 2. The van der Waals surface area contributed by atoms with Gasteiger partial charge in [0.25, 0.3) is 5.56 Å². The number of unbranched alkanes of at least 4 members (excludes halogenated alkanes) is 1. The summed E-state index contributed by atoms with van der Waals surface area (Å²) in [7, 11) is 0. The van der Waals surface area contributed by atoms with Gasteiger partial charge in [0.1, 0.15) is 0 Å². The highest BCUT2D eigenvalue weighted by Crippen LogP contribution is 2.09. The van der Waals surface area contributed by atoms with Crippen LogP contribution >= 0.6 is 0 Å². The third kappa shape index (κ3) is 3.46. The van der Waals surface area contributed by atoms with Crippen LogP contribution in [0.5, 0.6) is 5.88 Å². The average Bonchev–Trinajstić information content (AvgIpc) is 2.32. The van der Waals surface area contributed by atoms with Gasteiger partial charge in [0, 0.05) is 6.61 Å². The minimum Gasteiger partial charge on any atom is -0.494 e. The third-order valence-corrected chi connectivity index (χ3v) is 2.72. The zero-order chi connectivity index (χ0) is 13.5. The fraction of sp³-hybridized carbons (Fsp3) is 0.667. The van der Waals surface area contributed by atoms with Crippen molar-refractivity contribution in [3.05, 3.63) is 26.4 Å². The summed E-state index contributed by atoms with van der Waals surface area (Å²) in [4.78, 5) is 25.1. The van der Waals surface area contributed by atoms with E-state index in [2.05, 4.69) is 11.9 Å². The van der Waals surface area contributed by atoms with Crippen LogP contribution in [0.1, 0.15) is 32.3 Å². The maximum absolute atomic E-state index is 11.5. The van der Waals surface area contributed by atoms with Crippen molar-refractivity contribution in [1.82, 2.24) is 9.55 Å². The van der Waals surface area contributed by atoms with Crippen molar-refractivity contribution in [2.24, 2.45) is 0 Å². The Morgan fingerprint density at radius 3 is 2.61 bits per heavy atom. The van der Waals surface area contributed by atoms with Crippen LogP contribution in [0.4, 0.5) is 0 Å². The normalized spacial score (nSPS) is 10.8. The maximum atomic E-state index is 11.5. The SMILES string of the molecule is CCCCOCCn1c(O)c(CC)c(=O)[nH]c1=O. The molecular weight excluding hydrogens is 236 g/mol. The Kier molecular flexibility index (Phi) is 5.64. The van der Waals surface area contributed by atoms with Crippen molar-refractivity contribution in [1.29, 1.82) is 0 Å². The first-order valence-electron chi connectivity index (χ1n) is 6.24. The van der Waals surface area contributed by atoms with E-state index in [0.717, 1.165) is 17.4 Å². The zero-order valence-electron chi connectivity index (χ0n) is 10.9. The number of aromatic hydroxyl groups is 1. The Labute approximate surface area is 105 Å². The fourth-order valence-corrected chi connectivity index (χ4v) is 1.63. The molecule has 0 amide bonds. The largest absolute Gasteiger partial charge is 0.494 e.